The highest BCUT2D eigenvalue weighted by Crippen LogP contribution is 2.27. The summed E-state index contributed by atoms with van der Waals surface area (Å²) >= 11 is 0. The highest BCUT2D eigenvalue weighted by atomic mass is 32.2. The number of hydrogen-bond acceptors (Lipinski definition) is 5. The average molecular weight is 378 g/mol. The maximum atomic E-state index is 12.5. The lowest BCUT2D eigenvalue weighted by Gasteiger charge is -2.19. The van der Waals surface area contributed by atoms with Gasteiger partial charge in [-0.15, -0.1) is 0 Å². The van der Waals surface area contributed by atoms with Gasteiger partial charge in [-0.3, -0.25) is 4.72 Å². The standard InChI is InChI=1S/C17H22N4O4S/c1-2-7-20-11-16(18-12-20)26(24,25)19-15-6-5-13(10-14(15)17(22)23)21-8-3-4-9-21/h5-6,10-12,19H,2-4,7-9H2,1H3,(H,22,23). The van der Waals surface area contributed by atoms with E-state index < -0.39 is 16.0 Å². The summed E-state index contributed by atoms with van der Waals surface area (Å²) in [4.78, 5) is 17.6. The minimum Gasteiger partial charge on any atom is -0.478 e. The quantitative estimate of drug-likeness (QED) is 0.767. The highest BCUT2D eigenvalue weighted by Gasteiger charge is 2.22. The van der Waals surface area contributed by atoms with E-state index >= 15 is 0 Å². The lowest BCUT2D eigenvalue weighted by atomic mass is 10.1. The number of carboxylic acids is 1. The number of nitrogens with one attached hydrogen (secondary N) is 1. The summed E-state index contributed by atoms with van der Waals surface area (Å²) in [5.41, 5.74) is 0.742. The Hall–Kier alpha value is -2.55. The van der Waals surface area contributed by atoms with Gasteiger partial charge in [0.15, 0.2) is 5.03 Å². The lowest BCUT2D eigenvalue weighted by Crippen LogP contribution is -2.19. The van der Waals surface area contributed by atoms with Crippen LogP contribution in [0, 0.1) is 0 Å². The minimum atomic E-state index is -3.96. The topological polar surface area (TPSA) is 105 Å². The van der Waals surface area contributed by atoms with Crippen molar-refractivity contribution in [3.63, 3.8) is 0 Å². The van der Waals surface area contributed by atoms with Crippen molar-refractivity contribution in [1.82, 2.24) is 9.55 Å². The highest BCUT2D eigenvalue weighted by molar-refractivity contribution is 7.92. The summed E-state index contributed by atoms with van der Waals surface area (Å²) in [7, 11) is -3.96. The van der Waals surface area contributed by atoms with Crippen molar-refractivity contribution in [2.24, 2.45) is 0 Å². The molecule has 0 saturated carbocycles. The molecule has 26 heavy (non-hydrogen) atoms. The van der Waals surface area contributed by atoms with Gasteiger partial charge in [0, 0.05) is 31.5 Å². The third-order valence-electron chi connectivity index (χ3n) is 4.32. The van der Waals surface area contributed by atoms with Gasteiger partial charge in [-0.25, -0.2) is 9.78 Å². The van der Waals surface area contributed by atoms with Crippen molar-refractivity contribution >= 4 is 27.4 Å². The molecule has 2 N–H and O–H groups in total. The zero-order valence-corrected chi connectivity index (χ0v) is 15.4. The summed E-state index contributed by atoms with van der Waals surface area (Å²) < 4.78 is 29.1. The molecule has 1 saturated heterocycles. The number of carbonyl (C=O) groups is 1. The van der Waals surface area contributed by atoms with Gasteiger partial charge >= 0.3 is 5.97 Å². The number of sulfonamides is 1. The van der Waals surface area contributed by atoms with E-state index in [1.54, 1.807) is 10.6 Å². The van der Waals surface area contributed by atoms with Gasteiger partial charge in [0.25, 0.3) is 10.0 Å². The maximum Gasteiger partial charge on any atom is 0.337 e. The third kappa shape index (κ3) is 3.82. The molecule has 0 bridgehead atoms. The molecule has 0 aliphatic carbocycles. The fraction of sp³-hybridized carbons (Fsp3) is 0.412. The van der Waals surface area contributed by atoms with Crippen molar-refractivity contribution in [1.29, 1.82) is 0 Å². The Labute approximate surface area is 152 Å². The number of benzene rings is 1. The molecule has 1 aliphatic heterocycles. The van der Waals surface area contributed by atoms with E-state index in [-0.39, 0.29) is 16.3 Å². The first-order valence-electron chi connectivity index (χ1n) is 8.57. The first-order valence-corrected chi connectivity index (χ1v) is 10.1. The Balaban J connectivity index is 1.88. The van der Waals surface area contributed by atoms with Gasteiger partial charge in [-0.1, -0.05) is 6.92 Å². The summed E-state index contributed by atoms with van der Waals surface area (Å²) in [6.07, 6.45) is 5.87. The van der Waals surface area contributed by atoms with Crippen LogP contribution in [0.5, 0.6) is 0 Å². The first-order chi connectivity index (χ1) is 12.4. The molecule has 2 aromatic rings. The second kappa shape index (κ2) is 7.36. The second-order valence-corrected chi connectivity index (χ2v) is 7.91. The normalized spacial score (nSPS) is 14.6. The van der Waals surface area contributed by atoms with E-state index in [2.05, 4.69) is 14.6 Å². The lowest BCUT2D eigenvalue weighted by molar-refractivity contribution is 0.0698. The van der Waals surface area contributed by atoms with Crippen LogP contribution in [0.3, 0.4) is 0 Å². The van der Waals surface area contributed by atoms with E-state index in [4.69, 9.17) is 0 Å². The van der Waals surface area contributed by atoms with E-state index in [0.29, 0.717) is 6.54 Å². The van der Waals surface area contributed by atoms with Crippen molar-refractivity contribution in [3.8, 4) is 0 Å². The van der Waals surface area contributed by atoms with Gasteiger partial charge in [-0.05, 0) is 37.5 Å². The Morgan fingerprint density at radius 3 is 2.69 bits per heavy atom. The molecule has 2 heterocycles. The van der Waals surface area contributed by atoms with Gasteiger partial charge in [0.05, 0.1) is 17.6 Å². The number of imidazole rings is 1. The number of anilines is 2. The van der Waals surface area contributed by atoms with E-state index in [0.717, 1.165) is 38.0 Å². The number of aryl methyl sites for hydroxylation is 1. The summed E-state index contributed by atoms with van der Waals surface area (Å²) in [5.74, 6) is -1.18. The Kier molecular flexibility index (Phi) is 5.17. The van der Waals surface area contributed by atoms with E-state index in [1.165, 1.54) is 24.7 Å². The second-order valence-electron chi connectivity index (χ2n) is 6.28. The predicted octanol–water partition coefficient (Wildman–Crippen LogP) is 2.39. The number of aromatic carboxylic acids is 1. The molecule has 0 unspecified atom stereocenters. The predicted molar refractivity (Wildman–Crippen MR) is 98.2 cm³/mol. The summed E-state index contributed by atoms with van der Waals surface area (Å²) in [6, 6.07) is 4.75. The van der Waals surface area contributed by atoms with Crippen LogP contribution in [0.25, 0.3) is 0 Å². The number of hydrogen-bond donors (Lipinski definition) is 2. The van der Waals surface area contributed by atoms with Crippen molar-refractivity contribution in [3.05, 3.63) is 36.3 Å². The molecule has 1 aromatic heterocycles. The molecule has 1 aromatic carbocycles. The Morgan fingerprint density at radius 1 is 1.31 bits per heavy atom. The van der Waals surface area contributed by atoms with Crippen LogP contribution in [0.15, 0.2) is 35.7 Å². The fourth-order valence-electron chi connectivity index (χ4n) is 3.03. The average Bonchev–Trinajstić information content (AvgIpc) is 3.27. The SMILES string of the molecule is CCCn1cnc(S(=O)(=O)Nc2ccc(N3CCCC3)cc2C(=O)O)c1. The summed E-state index contributed by atoms with van der Waals surface area (Å²) in [6.45, 7) is 4.39. The first kappa shape index (κ1) is 18.2. The van der Waals surface area contributed by atoms with Crippen LogP contribution in [0.4, 0.5) is 11.4 Å². The molecule has 140 valence electrons. The summed E-state index contributed by atoms with van der Waals surface area (Å²) in [5, 5.41) is 9.37. The third-order valence-corrected chi connectivity index (χ3v) is 5.57. The number of rotatable bonds is 7. The molecule has 0 spiro atoms. The van der Waals surface area contributed by atoms with Crippen molar-refractivity contribution < 1.29 is 18.3 Å². The Morgan fingerprint density at radius 2 is 2.04 bits per heavy atom. The fourth-order valence-corrected chi connectivity index (χ4v) is 4.06. The van der Waals surface area contributed by atoms with Gasteiger partial charge in [0.1, 0.15) is 0 Å². The molecule has 0 atom stereocenters. The molecule has 0 amide bonds. The van der Waals surface area contributed by atoms with E-state index in [1.807, 2.05) is 6.92 Å². The van der Waals surface area contributed by atoms with Crippen LogP contribution < -0.4 is 9.62 Å². The number of carboxylic acid groups (broad SMARTS) is 1. The van der Waals surface area contributed by atoms with Crippen LogP contribution in [0.2, 0.25) is 0 Å². The van der Waals surface area contributed by atoms with Gasteiger partial charge < -0.3 is 14.6 Å². The molecule has 8 nitrogen and oxygen atoms in total. The van der Waals surface area contributed by atoms with Crippen LogP contribution in [-0.2, 0) is 16.6 Å². The number of aromatic nitrogens is 2. The van der Waals surface area contributed by atoms with Crippen molar-refractivity contribution in [2.75, 3.05) is 22.7 Å². The van der Waals surface area contributed by atoms with E-state index in [9.17, 15) is 18.3 Å². The monoisotopic (exact) mass is 378 g/mol. The molecule has 1 aliphatic rings. The zero-order valence-electron chi connectivity index (χ0n) is 14.6. The van der Waals surface area contributed by atoms with Crippen molar-refractivity contribution in [2.45, 2.75) is 37.8 Å². The molecular weight excluding hydrogens is 356 g/mol. The van der Waals surface area contributed by atoms with Crippen LogP contribution in [0.1, 0.15) is 36.5 Å². The molecule has 1 fully saturated rings. The Bertz CT molecular complexity index is 901. The maximum absolute atomic E-state index is 12.5. The smallest absolute Gasteiger partial charge is 0.337 e. The van der Waals surface area contributed by atoms with Crippen LogP contribution in [-0.4, -0.2) is 42.1 Å². The molecular formula is C17H22N4O4S. The number of nitrogens with zero attached hydrogens (tertiary/aromatic N) is 3. The minimum absolute atomic E-state index is 0.0329. The van der Waals surface area contributed by atoms with Crippen LogP contribution >= 0.6 is 0 Å². The molecule has 9 heteroatoms. The van der Waals surface area contributed by atoms with Gasteiger partial charge in [-0.2, -0.15) is 8.42 Å². The zero-order chi connectivity index (χ0) is 18.7. The molecule has 3 rings (SSSR count). The van der Waals surface area contributed by atoms with Gasteiger partial charge in [0.2, 0.25) is 0 Å². The molecule has 0 radical (unpaired) electrons. The largest absolute Gasteiger partial charge is 0.478 e.